The van der Waals surface area contributed by atoms with Gasteiger partial charge >= 0.3 is 0 Å². The maximum absolute atomic E-state index is 9.30. The highest BCUT2D eigenvalue weighted by Gasteiger charge is 2.00. The van der Waals surface area contributed by atoms with Crippen LogP contribution in [-0.2, 0) is 0 Å². The minimum atomic E-state index is -0.375. The summed E-state index contributed by atoms with van der Waals surface area (Å²) in [7, 11) is 0. The molecule has 0 aliphatic carbocycles. The summed E-state index contributed by atoms with van der Waals surface area (Å²) in [5.74, 6) is 0. The van der Waals surface area contributed by atoms with Crippen LogP contribution in [0.5, 0.6) is 0 Å². The molecule has 0 radical (unpaired) electrons. The highest BCUT2D eigenvalue weighted by molar-refractivity contribution is 5.63. The summed E-state index contributed by atoms with van der Waals surface area (Å²) in [6.07, 6.45) is 1.71. The lowest BCUT2D eigenvalue weighted by atomic mass is 10.0. The van der Waals surface area contributed by atoms with Crippen molar-refractivity contribution in [3.63, 3.8) is 0 Å². The molecule has 0 saturated heterocycles. The minimum Gasteiger partial charge on any atom is -0.389 e. The summed E-state index contributed by atoms with van der Waals surface area (Å²) in [6, 6.07) is 8.01. The van der Waals surface area contributed by atoms with E-state index < -0.39 is 0 Å². The van der Waals surface area contributed by atoms with Crippen molar-refractivity contribution in [2.75, 3.05) is 0 Å². The molecule has 0 saturated carbocycles. The van der Waals surface area contributed by atoms with Gasteiger partial charge in [0.15, 0.2) is 0 Å². The van der Waals surface area contributed by atoms with Crippen LogP contribution < -0.4 is 0 Å². The zero-order valence-corrected chi connectivity index (χ0v) is 8.41. The van der Waals surface area contributed by atoms with Gasteiger partial charge in [0.05, 0.1) is 6.10 Å². The molecule has 0 amide bonds. The van der Waals surface area contributed by atoms with Crippen molar-refractivity contribution in [3.8, 4) is 0 Å². The molecule has 1 aromatic rings. The zero-order chi connectivity index (χ0) is 9.84. The van der Waals surface area contributed by atoms with Gasteiger partial charge in [-0.1, -0.05) is 30.3 Å². The van der Waals surface area contributed by atoms with Gasteiger partial charge < -0.3 is 5.11 Å². The second-order valence-electron chi connectivity index (χ2n) is 3.27. The fourth-order valence-electron chi connectivity index (χ4n) is 1.19. The fraction of sp³-hybridized carbons (Fsp3) is 0.333. The van der Waals surface area contributed by atoms with Crippen LogP contribution in [0.3, 0.4) is 0 Å². The predicted octanol–water partition coefficient (Wildman–Crippen LogP) is 3.16. The third kappa shape index (κ3) is 2.43. The fourth-order valence-corrected chi connectivity index (χ4v) is 1.19. The standard InChI is InChI=1S/C12H16O/c1-4-9(2)11-5-7-12(8-6-11)10(3)13/h4-8,10,13H,1-3H3. The molecule has 1 N–H and O–H groups in total. The van der Waals surface area contributed by atoms with Crippen LogP contribution in [0.4, 0.5) is 0 Å². The third-order valence-corrected chi connectivity index (χ3v) is 2.28. The first kappa shape index (κ1) is 10.0. The number of hydrogen-bond acceptors (Lipinski definition) is 1. The van der Waals surface area contributed by atoms with Crippen LogP contribution in [0, 0.1) is 0 Å². The minimum absolute atomic E-state index is 0.375. The summed E-state index contributed by atoms with van der Waals surface area (Å²) in [5, 5.41) is 9.30. The lowest BCUT2D eigenvalue weighted by Crippen LogP contribution is -1.90. The number of aliphatic hydroxyl groups excluding tert-OH is 1. The van der Waals surface area contributed by atoms with Crippen molar-refractivity contribution < 1.29 is 5.11 Å². The lowest BCUT2D eigenvalue weighted by Gasteiger charge is -2.06. The van der Waals surface area contributed by atoms with E-state index in [9.17, 15) is 5.11 Å². The van der Waals surface area contributed by atoms with Gasteiger partial charge in [0.25, 0.3) is 0 Å². The third-order valence-electron chi connectivity index (χ3n) is 2.28. The van der Waals surface area contributed by atoms with E-state index in [1.807, 2.05) is 31.2 Å². The molecule has 0 bridgehead atoms. The second-order valence-corrected chi connectivity index (χ2v) is 3.27. The van der Waals surface area contributed by atoms with Crippen molar-refractivity contribution >= 4 is 5.57 Å². The quantitative estimate of drug-likeness (QED) is 0.733. The number of aliphatic hydroxyl groups is 1. The molecule has 1 nitrogen and oxygen atoms in total. The average Bonchev–Trinajstić information content (AvgIpc) is 2.17. The van der Waals surface area contributed by atoms with E-state index in [4.69, 9.17) is 0 Å². The molecule has 1 rings (SSSR count). The smallest absolute Gasteiger partial charge is 0.0761 e. The Morgan fingerprint density at radius 1 is 1.31 bits per heavy atom. The van der Waals surface area contributed by atoms with Gasteiger partial charge in [0.1, 0.15) is 0 Å². The normalized spacial score (nSPS) is 14.3. The first-order chi connectivity index (χ1) is 6.15. The monoisotopic (exact) mass is 176 g/mol. The van der Waals surface area contributed by atoms with Crippen LogP contribution >= 0.6 is 0 Å². The molecule has 70 valence electrons. The van der Waals surface area contributed by atoms with Gasteiger partial charge in [-0.3, -0.25) is 0 Å². The van der Waals surface area contributed by atoms with Crippen LogP contribution in [0.15, 0.2) is 30.3 Å². The lowest BCUT2D eigenvalue weighted by molar-refractivity contribution is 0.199. The molecule has 0 fully saturated rings. The summed E-state index contributed by atoms with van der Waals surface area (Å²) in [4.78, 5) is 0. The van der Waals surface area contributed by atoms with E-state index >= 15 is 0 Å². The Labute approximate surface area is 79.7 Å². The Morgan fingerprint density at radius 3 is 2.23 bits per heavy atom. The zero-order valence-electron chi connectivity index (χ0n) is 8.41. The second kappa shape index (κ2) is 4.24. The molecule has 0 spiro atoms. The van der Waals surface area contributed by atoms with E-state index in [-0.39, 0.29) is 6.10 Å². The Hall–Kier alpha value is -1.08. The number of allylic oxidation sites excluding steroid dienone is 2. The molecule has 0 heterocycles. The van der Waals surface area contributed by atoms with Gasteiger partial charge in [0, 0.05) is 0 Å². The average molecular weight is 176 g/mol. The highest BCUT2D eigenvalue weighted by atomic mass is 16.3. The van der Waals surface area contributed by atoms with E-state index in [0.717, 1.165) is 5.56 Å². The van der Waals surface area contributed by atoms with E-state index in [0.29, 0.717) is 0 Å². The molecular weight excluding hydrogens is 160 g/mol. The molecule has 13 heavy (non-hydrogen) atoms. The van der Waals surface area contributed by atoms with Gasteiger partial charge in [0.2, 0.25) is 0 Å². The van der Waals surface area contributed by atoms with Gasteiger partial charge in [-0.15, -0.1) is 0 Å². The van der Waals surface area contributed by atoms with Gasteiger partial charge in [-0.2, -0.15) is 0 Å². The molecule has 0 aromatic heterocycles. The Balaban J connectivity index is 2.94. The Kier molecular flexibility index (Phi) is 3.26. The summed E-state index contributed by atoms with van der Waals surface area (Å²) >= 11 is 0. The topological polar surface area (TPSA) is 20.2 Å². The maximum atomic E-state index is 9.30. The number of benzene rings is 1. The molecule has 1 unspecified atom stereocenters. The van der Waals surface area contributed by atoms with Gasteiger partial charge in [-0.05, 0) is 37.5 Å². The highest BCUT2D eigenvalue weighted by Crippen LogP contribution is 2.17. The largest absolute Gasteiger partial charge is 0.389 e. The van der Waals surface area contributed by atoms with Crippen LogP contribution in [0.25, 0.3) is 5.57 Å². The maximum Gasteiger partial charge on any atom is 0.0761 e. The summed E-state index contributed by atoms with van der Waals surface area (Å²) in [5.41, 5.74) is 3.44. The van der Waals surface area contributed by atoms with Crippen molar-refractivity contribution in [2.24, 2.45) is 0 Å². The van der Waals surface area contributed by atoms with Crippen LogP contribution in [0.1, 0.15) is 38.0 Å². The molecule has 1 atom stereocenters. The Morgan fingerprint density at radius 2 is 1.85 bits per heavy atom. The van der Waals surface area contributed by atoms with Crippen LogP contribution in [-0.4, -0.2) is 5.11 Å². The SMILES string of the molecule is CC=C(C)c1ccc(C(C)O)cc1. The van der Waals surface area contributed by atoms with Crippen molar-refractivity contribution in [2.45, 2.75) is 26.9 Å². The van der Waals surface area contributed by atoms with E-state index in [1.54, 1.807) is 6.92 Å². The Bertz CT molecular complexity index is 293. The molecule has 1 aromatic carbocycles. The first-order valence-corrected chi connectivity index (χ1v) is 4.56. The van der Waals surface area contributed by atoms with Crippen LogP contribution in [0.2, 0.25) is 0 Å². The summed E-state index contributed by atoms with van der Waals surface area (Å²) in [6.45, 7) is 5.88. The first-order valence-electron chi connectivity index (χ1n) is 4.56. The van der Waals surface area contributed by atoms with Gasteiger partial charge in [-0.25, -0.2) is 0 Å². The van der Waals surface area contributed by atoms with Crippen molar-refractivity contribution in [1.29, 1.82) is 0 Å². The molecular formula is C12H16O. The summed E-state index contributed by atoms with van der Waals surface area (Å²) < 4.78 is 0. The molecule has 1 heteroatoms. The van der Waals surface area contributed by atoms with E-state index in [2.05, 4.69) is 13.0 Å². The van der Waals surface area contributed by atoms with Crippen molar-refractivity contribution in [1.82, 2.24) is 0 Å². The number of hydrogen-bond donors (Lipinski definition) is 1. The number of rotatable bonds is 2. The van der Waals surface area contributed by atoms with E-state index in [1.165, 1.54) is 11.1 Å². The molecule has 0 aliphatic rings. The molecule has 0 aliphatic heterocycles. The predicted molar refractivity (Wildman–Crippen MR) is 56.4 cm³/mol. The van der Waals surface area contributed by atoms with Crippen molar-refractivity contribution in [3.05, 3.63) is 41.5 Å².